The number of aromatic nitrogens is 1. The number of methoxy groups -OCH3 is 1. The predicted molar refractivity (Wildman–Crippen MR) is 111 cm³/mol. The van der Waals surface area contributed by atoms with Gasteiger partial charge >= 0.3 is 5.97 Å². The number of thiazole rings is 1. The molecule has 27 heavy (non-hydrogen) atoms. The first-order chi connectivity index (χ1) is 13.2. The van der Waals surface area contributed by atoms with Gasteiger partial charge in [0.1, 0.15) is 0 Å². The molecule has 0 radical (unpaired) electrons. The number of ether oxygens (including phenoxy) is 1. The number of nitrogens with zero attached hydrogens (tertiary/aromatic N) is 3. The molecule has 0 saturated carbocycles. The van der Waals surface area contributed by atoms with Crippen molar-refractivity contribution in [3.63, 3.8) is 0 Å². The lowest BCUT2D eigenvalue weighted by Crippen LogP contribution is -2.38. The van der Waals surface area contributed by atoms with Crippen molar-refractivity contribution in [3.8, 4) is 0 Å². The van der Waals surface area contributed by atoms with Gasteiger partial charge in [-0.1, -0.05) is 36.0 Å². The number of aryl methyl sites for hydroxylation is 1. The van der Waals surface area contributed by atoms with Crippen LogP contribution in [0.2, 0.25) is 0 Å². The van der Waals surface area contributed by atoms with Crippen LogP contribution in [0.25, 0.3) is 0 Å². The third-order valence-electron chi connectivity index (χ3n) is 5.03. The number of aliphatic imine (C=N–C) groups is 1. The molecule has 0 amide bonds. The van der Waals surface area contributed by atoms with Gasteiger partial charge in [0.05, 0.1) is 12.8 Å². The van der Waals surface area contributed by atoms with E-state index >= 15 is 0 Å². The van der Waals surface area contributed by atoms with Crippen LogP contribution >= 0.6 is 23.1 Å². The quantitative estimate of drug-likeness (QED) is 0.537. The van der Waals surface area contributed by atoms with Gasteiger partial charge in [0.15, 0.2) is 5.17 Å². The Morgan fingerprint density at radius 3 is 3.04 bits per heavy atom. The van der Waals surface area contributed by atoms with Crippen LogP contribution in [-0.4, -0.2) is 39.9 Å². The van der Waals surface area contributed by atoms with Crippen LogP contribution in [0.3, 0.4) is 0 Å². The summed E-state index contributed by atoms with van der Waals surface area (Å²) in [6, 6.07) is 9.27. The standard InChI is InChI=1S/C20H23N3O2S2/c1-25-18(24)9-5-4-8-16-12-26-19(21-16)22-20-23-11-15-7-3-2-6-14(15)10-17(23)13-27-20/h2-3,6-7,12,17H,4-5,8-11,13H2,1H3/b22-20-/t17-/m0/s1. The molecule has 1 atom stereocenters. The van der Waals surface area contributed by atoms with Crippen molar-refractivity contribution in [2.45, 2.75) is 44.7 Å². The zero-order valence-corrected chi connectivity index (χ0v) is 17.0. The summed E-state index contributed by atoms with van der Waals surface area (Å²) in [4.78, 5) is 23.1. The molecule has 1 aromatic carbocycles. The molecule has 142 valence electrons. The normalized spacial score (nSPS) is 19.8. The van der Waals surface area contributed by atoms with Gasteiger partial charge in [-0.05, 0) is 36.8 Å². The average Bonchev–Trinajstić information content (AvgIpc) is 3.30. The first-order valence-electron chi connectivity index (χ1n) is 9.29. The highest BCUT2D eigenvalue weighted by Crippen LogP contribution is 2.35. The minimum Gasteiger partial charge on any atom is -0.469 e. The third-order valence-corrected chi connectivity index (χ3v) is 6.95. The Hall–Kier alpha value is -1.86. The lowest BCUT2D eigenvalue weighted by molar-refractivity contribution is -0.140. The van der Waals surface area contributed by atoms with Crippen molar-refractivity contribution in [1.82, 2.24) is 9.88 Å². The van der Waals surface area contributed by atoms with Gasteiger partial charge in [0, 0.05) is 30.1 Å². The van der Waals surface area contributed by atoms with Crippen molar-refractivity contribution in [3.05, 3.63) is 46.5 Å². The summed E-state index contributed by atoms with van der Waals surface area (Å²) in [6.45, 7) is 0.943. The Balaban J connectivity index is 1.37. The first kappa shape index (κ1) is 18.5. The van der Waals surface area contributed by atoms with E-state index in [1.54, 1.807) is 11.3 Å². The summed E-state index contributed by atoms with van der Waals surface area (Å²) in [5.74, 6) is 0.954. The van der Waals surface area contributed by atoms with Gasteiger partial charge in [-0.25, -0.2) is 4.98 Å². The zero-order valence-electron chi connectivity index (χ0n) is 15.4. The number of fused-ring (bicyclic) bond motifs is 2. The molecule has 2 aliphatic rings. The van der Waals surface area contributed by atoms with Gasteiger partial charge in [-0.2, -0.15) is 4.99 Å². The maximum Gasteiger partial charge on any atom is 0.305 e. The van der Waals surface area contributed by atoms with E-state index in [9.17, 15) is 4.79 Å². The van der Waals surface area contributed by atoms with E-state index in [2.05, 4.69) is 44.3 Å². The number of benzene rings is 1. The van der Waals surface area contributed by atoms with Gasteiger partial charge in [-0.15, -0.1) is 11.3 Å². The Labute approximate surface area is 167 Å². The number of rotatable bonds is 6. The van der Waals surface area contributed by atoms with E-state index in [0.29, 0.717) is 12.5 Å². The van der Waals surface area contributed by atoms with Crippen LogP contribution in [0.4, 0.5) is 5.13 Å². The Bertz CT molecular complexity index is 849. The van der Waals surface area contributed by atoms with Crippen molar-refractivity contribution in [2.75, 3.05) is 12.9 Å². The molecular formula is C20H23N3O2S2. The minimum absolute atomic E-state index is 0.142. The fourth-order valence-electron chi connectivity index (χ4n) is 3.53. The lowest BCUT2D eigenvalue weighted by Gasteiger charge is -2.32. The zero-order chi connectivity index (χ0) is 18.6. The van der Waals surface area contributed by atoms with E-state index in [-0.39, 0.29) is 5.97 Å². The first-order valence-corrected chi connectivity index (χ1v) is 11.2. The number of carbonyl (C=O) groups excluding carboxylic acids is 1. The smallest absolute Gasteiger partial charge is 0.305 e. The minimum atomic E-state index is -0.142. The molecule has 4 rings (SSSR count). The van der Waals surface area contributed by atoms with Crippen molar-refractivity contribution < 1.29 is 9.53 Å². The highest BCUT2D eigenvalue weighted by molar-refractivity contribution is 8.14. The van der Waals surface area contributed by atoms with Crippen LogP contribution in [0, 0.1) is 0 Å². The molecule has 2 aromatic rings. The van der Waals surface area contributed by atoms with E-state index in [0.717, 1.165) is 54.0 Å². The van der Waals surface area contributed by atoms with E-state index in [1.165, 1.54) is 18.2 Å². The molecule has 0 bridgehead atoms. The monoisotopic (exact) mass is 401 g/mol. The third kappa shape index (κ3) is 4.35. The average molecular weight is 402 g/mol. The summed E-state index contributed by atoms with van der Waals surface area (Å²) in [5.41, 5.74) is 3.95. The summed E-state index contributed by atoms with van der Waals surface area (Å²) in [6.07, 6.45) is 4.23. The summed E-state index contributed by atoms with van der Waals surface area (Å²) < 4.78 is 4.67. The molecular weight excluding hydrogens is 378 g/mol. The van der Waals surface area contributed by atoms with Gasteiger partial charge < -0.3 is 9.64 Å². The number of hydrogen-bond donors (Lipinski definition) is 0. The van der Waals surface area contributed by atoms with Crippen molar-refractivity contribution >= 4 is 39.4 Å². The van der Waals surface area contributed by atoms with Crippen molar-refractivity contribution in [2.24, 2.45) is 4.99 Å². The second-order valence-electron chi connectivity index (χ2n) is 6.86. The topological polar surface area (TPSA) is 54.8 Å². The summed E-state index contributed by atoms with van der Waals surface area (Å²) in [5, 5.41) is 4.02. The highest BCUT2D eigenvalue weighted by Gasteiger charge is 2.34. The Kier molecular flexibility index (Phi) is 5.78. The van der Waals surface area contributed by atoms with Crippen LogP contribution in [0.5, 0.6) is 0 Å². The number of thioether (sulfide) groups is 1. The van der Waals surface area contributed by atoms with E-state index < -0.39 is 0 Å². The Morgan fingerprint density at radius 2 is 2.19 bits per heavy atom. The second kappa shape index (κ2) is 8.44. The molecule has 0 spiro atoms. The molecule has 1 fully saturated rings. The largest absolute Gasteiger partial charge is 0.469 e. The maximum atomic E-state index is 11.2. The number of hydrogen-bond acceptors (Lipinski definition) is 6. The van der Waals surface area contributed by atoms with Gasteiger partial charge in [0.2, 0.25) is 5.13 Å². The molecule has 0 unspecified atom stereocenters. The fourth-order valence-corrected chi connectivity index (χ4v) is 5.48. The molecule has 3 heterocycles. The van der Waals surface area contributed by atoms with Crippen molar-refractivity contribution in [1.29, 1.82) is 0 Å². The molecule has 1 aromatic heterocycles. The Morgan fingerprint density at radius 1 is 1.33 bits per heavy atom. The molecule has 7 heteroatoms. The molecule has 5 nitrogen and oxygen atoms in total. The van der Waals surface area contributed by atoms with E-state index in [4.69, 9.17) is 4.99 Å². The maximum absolute atomic E-state index is 11.2. The molecule has 1 saturated heterocycles. The van der Waals surface area contributed by atoms with E-state index in [1.807, 2.05) is 11.8 Å². The number of amidine groups is 1. The van der Waals surface area contributed by atoms with Crippen LogP contribution in [0.15, 0.2) is 34.6 Å². The highest BCUT2D eigenvalue weighted by atomic mass is 32.2. The van der Waals surface area contributed by atoms with Gasteiger partial charge in [0.25, 0.3) is 0 Å². The number of carbonyl (C=O) groups is 1. The fraction of sp³-hybridized carbons (Fsp3) is 0.450. The predicted octanol–water partition coefficient (Wildman–Crippen LogP) is 4.19. The second-order valence-corrected chi connectivity index (χ2v) is 8.69. The summed E-state index contributed by atoms with van der Waals surface area (Å²) in [7, 11) is 1.43. The van der Waals surface area contributed by atoms with Crippen LogP contribution in [0.1, 0.15) is 36.1 Å². The number of esters is 1. The van der Waals surface area contributed by atoms with Crippen LogP contribution in [-0.2, 0) is 28.9 Å². The lowest BCUT2D eigenvalue weighted by atomic mass is 9.95. The summed E-state index contributed by atoms with van der Waals surface area (Å²) >= 11 is 3.44. The SMILES string of the molecule is COC(=O)CCCCc1csc(/N=C2\SC[C@@H]3Cc4ccccc4CN23)n1. The molecule has 0 N–H and O–H groups in total. The molecule has 2 aliphatic heterocycles. The van der Waals surface area contributed by atoms with Crippen LogP contribution < -0.4 is 0 Å². The number of unbranched alkanes of at least 4 members (excludes halogenated alkanes) is 1. The molecule has 0 aliphatic carbocycles. The van der Waals surface area contributed by atoms with Gasteiger partial charge in [-0.3, -0.25) is 4.79 Å².